The highest BCUT2D eigenvalue weighted by Gasteiger charge is 2.19. The van der Waals surface area contributed by atoms with E-state index >= 15 is 0 Å². The van der Waals surface area contributed by atoms with Crippen LogP contribution in [0.5, 0.6) is 0 Å². The molecule has 0 aliphatic rings. The fraction of sp³-hybridized carbons (Fsp3) is 0.350. The zero-order valence-corrected chi connectivity index (χ0v) is 18.6. The Morgan fingerprint density at radius 1 is 1.04 bits per heavy atom. The molecular formula is C20H24Cl2N2O3S. The maximum Gasteiger partial charge on any atom is 0.251 e. The molecule has 0 bridgehead atoms. The van der Waals surface area contributed by atoms with Gasteiger partial charge in [0.05, 0.1) is 18.5 Å². The molecule has 5 nitrogen and oxygen atoms in total. The average molecular weight is 443 g/mol. The molecule has 0 spiro atoms. The van der Waals surface area contributed by atoms with E-state index in [1.807, 2.05) is 20.8 Å². The van der Waals surface area contributed by atoms with Crippen molar-refractivity contribution in [1.29, 1.82) is 0 Å². The third-order valence-electron chi connectivity index (χ3n) is 4.44. The van der Waals surface area contributed by atoms with Crippen LogP contribution in [0, 0.1) is 5.92 Å². The third kappa shape index (κ3) is 6.12. The van der Waals surface area contributed by atoms with Crippen LogP contribution < -0.4 is 9.62 Å². The lowest BCUT2D eigenvalue weighted by atomic mass is 10.1. The van der Waals surface area contributed by atoms with Gasteiger partial charge in [0, 0.05) is 21.7 Å². The zero-order chi connectivity index (χ0) is 21.1. The molecule has 0 aromatic heterocycles. The van der Waals surface area contributed by atoms with Gasteiger partial charge in [-0.3, -0.25) is 9.10 Å². The standard InChI is InChI=1S/C20H24Cl2N2O3S/c1-13(2)14(3)23-20(25)16-7-5-15(6-8-16)12-24(28(4,26)27)19-10-17(21)9-18(22)11-19/h5-11,13-14H,12H2,1-4H3,(H,23,25). The molecule has 0 radical (unpaired) electrons. The van der Waals surface area contributed by atoms with Crippen LogP contribution in [0.3, 0.4) is 0 Å². The molecule has 1 N–H and O–H groups in total. The first-order valence-electron chi connectivity index (χ1n) is 8.81. The van der Waals surface area contributed by atoms with Gasteiger partial charge in [0.15, 0.2) is 0 Å². The fourth-order valence-corrected chi connectivity index (χ4v) is 3.85. The van der Waals surface area contributed by atoms with Crippen LogP contribution in [0.15, 0.2) is 42.5 Å². The smallest absolute Gasteiger partial charge is 0.251 e. The van der Waals surface area contributed by atoms with E-state index in [0.717, 1.165) is 11.8 Å². The van der Waals surface area contributed by atoms with Gasteiger partial charge in [-0.25, -0.2) is 8.42 Å². The van der Waals surface area contributed by atoms with Crippen LogP contribution >= 0.6 is 23.2 Å². The molecule has 28 heavy (non-hydrogen) atoms. The van der Waals surface area contributed by atoms with Crippen molar-refractivity contribution in [1.82, 2.24) is 5.32 Å². The minimum absolute atomic E-state index is 0.0560. The average Bonchev–Trinajstić information content (AvgIpc) is 2.58. The van der Waals surface area contributed by atoms with Gasteiger partial charge in [0.2, 0.25) is 10.0 Å². The Balaban J connectivity index is 2.23. The summed E-state index contributed by atoms with van der Waals surface area (Å²) in [5.74, 6) is 0.172. The molecular weight excluding hydrogens is 419 g/mol. The number of halogens is 2. The summed E-state index contributed by atoms with van der Waals surface area (Å²) in [7, 11) is -3.56. The number of carbonyl (C=O) groups is 1. The zero-order valence-electron chi connectivity index (χ0n) is 16.2. The SMILES string of the molecule is CC(C)C(C)NC(=O)c1ccc(CN(c2cc(Cl)cc(Cl)c2)S(C)(=O)=O)cc1. The highest BCUT2D eigenvalue weighted by Crippen LogP contribution is 2.28. The maximum atomic E-state index is 12.3. The Kier molecular flexibility index (Phi) is 7.37. The topological polar surface area (TPSA) is 66.5 Å². The number of hydrogen-bond donors (Lipinski definition) is 1. The van der Waals surface area contributed by atoms with Crippen molar-refractivity contribution in [2.45, 2.75) is 33.4 Å². The fourth-order valence-electron chi connectivity index (χ4n) is 2.47. The molecule has 152 valence electrons. The van der Waals surface area contributed by atoms with E-state index in [9.17, 15) is 13.2 Å². The molecule has 1 unspecified atom stereocenters. The molecule has 0 aliphatic carbocycles. The van der Waals surface area contributed by atoms with Gasteiger partial charge in [-0.2, -0.15) is 0 Å². The molecule has 2 rings (SSSR count). The minimum atomic E-state index is -3.56. The summed E-state index contributed by atoms with van der Waals surface area (Å²) in [6.45, 7) is 6.13. The van der Waals surface area contributed by atoms with Crippen molar-refractivity contribution >= 4 is 44.8 Å². The third-order valence-corrected chi connectivity index (χ3v) is 6.01. The lowest BCUT2D eigenvalue weighted by molar-refractivity contribution is 0.0930. The van der Waals surface area contributed by atoms with Crippen LogP contribution in [-0.4, -0.2) is 26.6 Å². The maximum absolute atomic E-state index is 12.3. The molecule has 8 heteroatoms. The Hall–Kier alpha value is -1.76. The predicted molar refractivity (Wildman–Crippen MR) is 116 cm³/mol. The van der Waals surface area contributed by atoms with Crippen molar-refractivity contribution in [3.05, 3.63) is 63.6 Å². The second kappa shape index (κ2) is 9.16. The van der Waals surface area contributed by atoms with Crippen molar-refractivity contribution in [2.75, 3.05) is 10.6 Å². The Morgan fingerprint density at radius 3 is 2.04 bits per heavy atom. The number of nitrogens with one attached hydrogen (secondary N) is 1. The monoisotopic (exact) mass is 442 g/mol. The number of benzene rings is 2. The van der Waals surface area contributed by atoms with E-state index in [1.54, 1.807) is 42.5 Å². The van der Waals surface area contributed by atoms with E-state index in [1.165, 1.54) is 4.31 Å². The molecule has 2 aromatic rings. The van der Waals surface area contributed by atoms with Gasteiger partial charge in [0.25, 0.3) is 5.91 Å². The highest BCUT2D eigenvalue weighted by molar-refractivity contribution is 7.92. The molecule has 0 heterocycles. The first kappa shape index (κ1) is 22.5. The summed E-state index contributed by atoms with van der Waals surface area (Å²) < 4.78 is 25.8. The second-order valence-electron chi connectivity index (χ2n) is 7.10. The van der Waals surface area contributed by atoms with Crippen molar-refractivity contribution in [2.24, 2.45) is 5.92 Å². The summed E-state index contributed by atoms with van der Waals surface area (Å²) >= 11 is 12.0. The van der Waals surface area contributed by atoms with Crippen LogP contribution in [0.2, 0.25) is 10.0 Å². The summed E-state index contributed by atoms with van der Waals surface area (Å²) in [5, 5.41) is 3.64. The van der Waals surface area contributed by atoms with Gasteiger partial charge in [-0.15, -0.1) is 0 Å². The predicted octanol–water partition coefficient (Wildman–Crippen LogP) is 4.73. The summed E-state index contributed by atoms with van der Waals surface area (Å²) in [5.41, 5.74) is 1.63. The largest absolute Gasteiger partial charge is 0.349 e. The molecule has 0 saturated carbocycles. The molecule has 0 saturated heterocycles. The number of sulfonamides is 1. The van der Waals surface area contributed by atoms with Crippen LogP contribution in [0.1, 0.15) is 36.7 Å². The first-order valence-corrected chi connectivity index (χ1v) is 11.4. The van der Waals surface area contributed by atoms with Gasteiger partial charge in [-0.05, 0) is 48.7 Å². The number of anilines is 1. The van der Waals surface area contributed by atoms with Crippen molar-refractivity contribution in [3.63, 3.8) is 0 Å². The van der Waals surface area contributed by atoms with E-state index in [0.29, 0.717) is 27.2 Å². The lowest BCUT2D eigenvalue weighted by Gasteiger charge is -2.23. The molecule has 2 aromatic carbocycles. The van der Waals surface area contributed by atoms with Gasteiger partial charge in [0.1, 0.15) is 0 Å². The molecule has 1 atom stereocenters. The van der Waals surface area contributed by atoms with E-state index < -0.39 is 10.0 Å². The lowest BCUT2D eigenvalue weighted by Crippen LogP contribution is -2.36. The summed E-state index contributed by atoms with van der Waals surface area (Å²) in [4.78, 5) is 12.3. The second-order valence-corrected chi connectivity index (χ2v) is 9.88. The molecule has 1 amide bonds. The van der Waals surface area contributed by atoms with Gasteiger partial charge < -0.3 is 5.32 Å². The van der Waals surface area contributed by atoms with Crippen LogP contribution in [0.4, 0.5) is 5.69 Å². The minimum Gasteiger partial charge on any atom is -0.349 e. The summed E-state index contributed by atoms with van der Waals surface area (Å²) in [6, 6.07) is 11.5. The Bertz CT molecular complexity index is 924. The van der Waals surface area contributed by atoms with Crippen LogP contribution in [0.25, 0.3) is 0 Å². The first-order chi connectivity index (χ1) is 13.0. The number of hydrogen-bond acceptors (Lipinski definition) is 3. The number of amides is 1. The highest BCUT2D eigenvalue weighted by atomic mass is 35.5. The Labute approximate surface area is 176 Å². The number of nitrogens with zero attached hydrogens (tertiary/aromatic N) is 1. The van der Waals surface area contributed by atoms with Crippen molar-refractivity contribution < 1.29 is 13.2 Å². The van der Waals surface area contributed by atoms with E-state index in [2.05, 4.69) is 5.32 Å². The number of carbonyl (C=O) groups excluding carboxylic acids is 1. The van der Waals surface area contributed by atoms with E-state index in [-0.39, 0.29) is 18.5 Å². The molecule has 0 fully saturated rings. The Morgan fingerprint density at radius 2 is 1.57 bits per heavy atom. The summed E-state index contributed by atoms with van der Waals surface area (Å²) in [6.07, 6.45) is 1.12. The van der Waals surface area contributed by atoms with E-state index in [4.69, 9.17) is 23.2 Å². The van der Waals surface area contributed by atoms with Crippen LogP contribution in [-0.2, 0) is 16.6 Å². The van der Waals surface area contributed by atoms with Gasteiger partial charge >= 0.3 is 0 Å². The van der Waals surface area contributed by atoms with Crippen molar-refractivity contribution in [3.8, 4) is 0 Å². The number of rotatable bonds is 7. The normalized spacial score (nSPS) is 12.7. The quantitative estimate of drug-likeness (QED) is 0.673. The molecule has 0 aliphatic heterocycles. The van der Waals surface area contributed by atoms with Gasteiger partial charge in [-0.1, -0.05) is 49.2 Å².